The Bertz CT molecular complexity index is 575. The van der Waals surface area contributed by atoms with Gasteiger partial charge in [0.05, 0.1) is 13.2 Å². The number of hydrogen-bond donors (Lipinski definition) is 0. The minimum absolute atomic E-state index is 0.0274. The zero-order chi connectivity index (χ0) is 18.8. The van der Waals surface area contributed by atoms with Crippen LogP contribution in [-0.4, -0.2) is 49.6 Å². The second-order valence-electron chi connectivity index (χ2n) is 6.93. The minimum atomic E-state index is -1.04. The molecule has 0 aliphatic carbocycles. The highest BCUT2D eigenvalue weighted by molar-refractivity contribution is 6.06. The van der Waals surface area contributed by atoms with Crippen LogP contribution >= 0.6 is 0 Å². The molecule has 1 atom stereocenters. The van der Waals surface area contributed by atoms with E-state index in [4.69, 9.17) is 9.47 Å². The first kappa shape index (κ1) is 20.6. The van der Waals surface area contributed by atoms with Crippen LogP contribution in [0.25, 0.3) is 0 Å². The lowest BCUT2D eigenvalue weighted by Gasteiger charge is -2.25. The molecular formula is C21H31NO4. The van der Waals surface area contributed by atoms with Gasteiger partial charge in [-0.25, -0.2) is 0 Å². The number of carbonyl (C=O) groups is 2. The van der Waals surface area contributed by atoms with Gasteiger partial charge < -0.3 is 9.47 Å². The second kappa shape index (κ2) is 10.4. The van der Waals surface area contributed by atoms with Crippen molar-refractivity contribution in [3.05, 3.63) is 35.9 Å². The largest absolute Gasteiger partial charge is 0.465 e. The fourth-order valence-electron chi connectivity index (χ4n) is 3.43. The SMILES string of the molecule is CCCCOCCCC1(C(=O)OCC)CN(Cc2ccccc2)CC1=O. The van der Waals surface area contributed by atoms with Crippen LogP contribution in [0.4, 0.5) is 0 Å². The molecule has 0 spiro atoms. The predicted octanol–water partition coefficient (Wildman–Crippen LogP) is 3.22. The van der Waals surface area contributed by atoms with Crippen molar-refractivity contribution in [3.8, 4) is 0 Å². The summed E-state index contributed by atoms with van der Waals surface area (Å²) in [7, 11) is 0. The van der Waals surface area contributed by atoms with Crippen LogP contribution in [0, 0.1) is 5.41 Å². The van der Waals surface area contributed by atoms with Crippen molar-refractivity contribution in [1.29, 1.82) is 0 Å². The summed E-state index contributed by atoms with van der Waals surface area (Å²) in [5.74, 6) is -0.408. The van der Waals surface area contributed by atoms with Crippen LogP contribution in [0.15, 0.2) is 30.3 Å². The maximum Gasteiger partial charge on any atom is 0.321 e. The van der Waals surface area contributed by atoms with Gasteiger partial charge in [0.25, 0.3) is 0 Å². The van der Waals surface area contributed by atoms with Gasteiger partial charge in [0.1, 0.15) is 5.41 Å². The van der Waals surface area contributed by atoms with Crippen molar-refractivity contribution < 1.29 is 19.1 Å². The molecule has 1 fully saturated rings. The summed E-state index contributed by atoms with van der Waals surface area (Å²) in [6.45, 7) is 6.89. The average Bonchev–Trinajstić information content (AvgIpc) is 2.95. The number of rotatable bonds is 11. The Morgan fingerprint density at radius 3 is 2.58 bits per heavy atom. The first-order valence-corrected chi connectivity index (χ1v) is 9.67. The van der Waals surface area contributed by atoms with E-state index in [0.717, 1.165) is 25.0 Å². The van der Waals surface area contributed by atoms with Crippen molar-refractivity contribution >= 4 is 11.8 Å². The number of Topliss-reactive ketones (excluding diaryl/α,β-unsaturated/α-hetero) is 1. The average molecular weight is 361 g/mol. The van der Waals surface area contributed by atoms with E-state index >= 15 is 0 Å². The fraction of sp³-hybridized carbons (Fsp3) is 0.619. The van der Waals surface area contributed by atoms with E-state index in [2.05, 4.69) is 6.92 Å². The third-order valence-electron chi connectivity index (χ3n) is 4.84. The molecule has 0 radical (unpaired) electrons. The Hall–Kier alpha value is -1.72. The molecule has 1 unspecified atom stereocenters. The molecule has 5 nitrogen and oxygen atoms in total. The van der Waals surface area contributed by atoms with Gasteiger partial charge in [0.15, 0.2) is 5.78 Å². The number of ether oxygens (including phenoxy) is 2. The monoisotopic (exact) mass is 361 g/mol. The van der Waals surface area contributed by atoms with Gasteiger partial charge >= 0.3 is 5.97 Å². The number of benzene rings is 1. The van der Waals surface area contributed by atoms with Gasteiger partial charge in [-0.2, -0.15) is 0 Å². The Morgan fingerprint density at radius 2 is 1.88 bits per heavy atom. The molecule has 144 valence electrons. The molecule has 0 amide bonds. The molecule has 0 bridgehead atoms. The number of nitrogens with zero attached hydrogens (tertiary/aromatic N) is 1. The predicted molar refractivity (Wildman–Crippen MR) is 101 cm³/mol. The van der Waals surface area contributed by atoms with Gasteiger partial charge in [0.2, 0.25) is 0 Å². The van der Waals surface area contributed by atoms with Gasteiger partial charge in [-0.15, -0.1) is 0 Å². The van der Waals surface area contributed by atoms with Gasteiger partial charge in [-0.05, 0) is 31.7 Å². The summed E-state index contributed by atoms with van der Waals surface area (Å²) < 4.78 is 10.9. The number of unbranched alkanes of at least 4 members (excludes halogenated alkanes) is 1. The Balaban J connectivity index is 1.99. The van der Waals surface area contributed by atoms with Crippen molar-refractivity contribution in [1.82, 2.24) is 4.90 Å². The first-order chi connectivity index (χ1) is 12.6. The molecule has 5 heteroatoms. The summed E-state index contributed by atoms with van der Waals surface area (Å²) >= 11 is 0. The zero-order valence-electron chi connectivity index (χ0n) is 16.0. The van der Waals surface area contributed by atoms with Crippen molar-refractivity contribution in [3.63, 3.8) is 0 Å². The highest BCUT2D eigenvalue weighted by Gasteiger charge is 2.52. The molecule has 0 aromatic heterocycles. The van der Waals surface area contributed by atoms with Crippen LogP contribution in [0.5, 0.6) is 0 Å². The smallest absolute Gasteiger partial charge is 0.321 e. The first-order valence-electron chi connectivity index (χ1n) is 9.67. The Labute approximate surface area is 156 Å². The van der Waals surface area contributed by atoms with Crippen LogP contribution in [-0.2, 0) is 25.6 Å². The minimum Gasteiger partial charge on any atom is -0.465 e. The number of likely N-dealkylation sites (tertiary alicyclic amines) is 1. The third kappa shape index (κ3) is 5.39. The van der Waals surface area contributed by atoms with Crippen molar-refractivity contribution in [2.75, 3.05) is 32.9 Å². The Morgan fingerprint density at radius 1 is 1.15 bits per heavy atom. The highest BCUT2D eigenvalue weighted by Crippen LogP contribution is 2.34. The lowest BCUT2D eigenvalue weighted by molar-refractivity contribution is -0.158. The lowest BCUT2D eigenvalue weighted by Crippen LogP contribution is -2.41. The van der Waals surface area contributed by atoms with Crippen LogP contribution in [0.1, 0.15) is 45.1 Å². The number of hydrogen-bond acceptors (Lipinski definition) is 5. The molecule has 1 aliphatic rings. The van der Waals surface area contributed by atoms with Gasteiger partial charge in [0, 0.05) is 26.3 Å². The van der Waals surface area contributed by atoms with Gasteiger partial charge in [-0.3, -0.25) is 14.5 Å². The molecule has 26 heavy (non-hydrogen) atoms. The molecule has 1 saturated heterocycles. The molecule has 0 saturated carbocycles. The van der Waals surface area contributed by atoms with E-state index < -0.39 is 5.41 Å². The third-order valence-corrected chi connectivity index (χ3v) is 4.84. The van der Waals surface area contributed by atoms with Crippen LogP contribution in [0.2, 0.25) is 0 Å². The molecule has 1 heterocycles. The zero-order valence-corrected chi connectivity index (χ0v) is 16.0. The van der Waals surface area contributed by atoms with Gasteiger partial charge in [-0.1, -0.05) is 43.7 Å². The molecule has 2 rings (SSSR count). The lowest BCUT2D eigenvalue weighted by atomic mass is 9.81. The highest BCUT2D eigenvalue weighted by atomic mass is 16.5. The van der Waals surface area contributed by atoms with E-state index in [-0.39, 0.29) is 11.8 Å². The summed E-state index contributed by atoms with van der Waals surface area (Å²) in [5.41, 5.74) is 0.0988. The second-order valence-corrected chi connectivity index (χ2v) is 6.93. The fourth-order valence-corrected chi connectivity index (χ4v) is 3.43. The summed E-state index contributed by atoms with van der Waals surface area (Å²) in [6, 6.07) is 10.0. The van der Waals surface area contributed by atoms with E-state index in [1.165, 1.54) is 0 Å². The van der Waals surface area contributed by atoms with E-state index in [1.54, 1.807) is 6.92 Å². The van der Waals surface area contributed by atoms with E-state index in [1.807, 2.05) is 35.2 Å². The standard InChI is InChI=1S/C21H31NO4/c1-3-5-13-25-14-9-12-21(20(24)26-4-2)17-22(16-19(21)23)15-18-10-7-6-8-11-18/h6-8,10-11H,3-5,9,12-17H2,1-2H3. The molecule has 1 aliphatic heterocycles. The quantitative estimate of drug-likeness (QED) is 0.344. The number of esters is 1. The Kier molecular flexibility index (Phi) is 8.26. The molecular weight excluding hydrogens is 330 g/mol. The number of carbonyl (C=O) groups excluding carboxylic acids is 2. The molecule has 1 aromatic carbocycles. The normalized spacial score (nSPS) is 20.5. The summed E-state index contributed by atoms with van der Waals surface area (Å²) in [4.78, 5) is 27.5. The molecule has 0 N–H and O–H groups in total. The van der Waals surface area contributed by atoms with Crippen LogP contribution < -0.4 is 0 Å². The maximum atomic E-state index is 12.8. The van der Waals surface area contributed by atoms with Crippen molar-refractivity contribution in [2.45, 2.75) is 46.1 Å². The topological polar surface area (TPSA) is 55.8 Å². The summed E-state index contributed by atoms with van der Waals surface area (Å²) in [5, 5.41) is 0. The van der Waals surface area contributed by atoms with E-state index in [9.17, 15) is 9.59 Å². The van der Waals surface area contributed by atoms with Crippen LogP contribution in [0.3, 0.4) is 0 Å². The summed E-state index contributed by atoms with van der Waals surface area (Å²) in [6.07, 6.45) is 3.31. The van der Waals surface area contributed by atoms with E-state index in [0.29, 0.717) is 45.7 Å². The molecule has 1 aromatic rings. The maximum absolute atomic E-state index is 12.8. The van der Waals surface area contributed by atoms with Crippen molar-refractivity contribution in [2.24, 2.45) is 5.41 Å². The number of ketones is 1.